The van der Waals surface area contributed by atoms with Crippen LogP contribution in [0.5, 0.6) is 0 Å². The van der Waals surface area contributed by atoms with Crippen LogP contribution in [0.4, 0.5) is 0 Å². The molecule has 3 aliphatic rings. The number of carboxylic acid groups (broad SMARTS) is 1. The van der Waals surface area contributed by atoms with E-state index in [2.05, 4.69) is 19.1 Å². The van der Waals surface area contributed by atoms with Gasteiger partial charge in [-0.2, -0.15) is 0 Å². The predicted octanol–water partition coefficient (Wildman–Crippen LogP) is 7.90. The Balaban J connectivity index is 1.28. The van der Waals surface area contributed by atoms with Gasteiger partial charge < -0.3 is 14.6 Å². The number of unbranched alkanes of at least 4 members (excludes halogenated alkanes) is 3. The van der Waals surface area contributed by atoms with Crippen LogP contribution in [0.1, 0.15) is 122 Å². The summed E-state index contributed by atoms with van der Waals surface area (Å²) in [6.07, 6.45) is 26.1. The van der Waals surface area contributed by atoms with E-state index in [1.807, 2.05) is 0 Å². The maximum Gasteiger partial charge on any atom is 0.332 e. The topological polar surface area (TPSA) is 55.8 Å². The maximum atomic E-state index is 11.6. The number of allylic oxidation sites excluding steroid dienone is 2. The van der Waals surface area contributed by atoms with Crippen molar-refractivity contribution in [3.8, 4) is 0 Å². The zero-order chi connectivity index (χ0) is 23.3. The molecule has 0 radical (unpaired) electrons. The molecule has 0 amide bonds. The molecule has 0 aromatic heterocycles. The lowest BCUT2D eigenvalue weighted by Crippen LogP contribution is -2.32. The van der Waals surface area contributed by atoms with E-state index in [1.54, 1.807) is 0 Å². The van der Waals surface area contributed by atoms with Gasteiger partial charge >= 0.3 is 5.97 Å². The molecule has 3 fully saturated rings. The predicted molar refractivity (Wildman–Crippen MR) is 134 cm³/mol. The summed E-state index contributed by atoms with van der Waals surface area (Å²) in [6.45, 7) is 3.00. The summed E-state index contributed by atoms with van der Waals surface area (Å²) in [5.74, 6) is 2.71. The molecule has 0 spiro atoms. The summed E-state index contributed by atoms with van der Waals surface area (Å²) < 4.78 is 11.3. The Labute approximate surface area is 202 Å². The third-order valence-electron chi connectivity index (χ3n) is 8.46. The minimum absolute atomic E-state index is 0.322. The van der Waals surface area contributed by atoms with Crippen molar-refractivity contribution >= 4 is 5.97 Å². The summed E-state index contributed by atoms with van der Waals surface area (Å²) in [7, 11) is 0. The van der Waals surface area contributed by atoms with Gasteiger partial charge in [0.05, 0.1) is 0 Å². The number of hydrogen-bond donors (Lipinski definition) is 1. The standard InChI is InChI=1S/C29H50O4/c1-2-3-11-23-19-20-24(22-23)12-9-14-26-16-10-15-25(26)13-5-4-6-17-27(29(30)31)33-28-18-7-8-21-32-28/h9,14,23-28H,2-8,10-13,15-22H2,1H3,(H,30,31)/t23?,24?,25-,26-,27?,28?/m0/s1. The highest BCUT2D eigenvalue weighted by molar-refractivity contribution is 5.72. The lowest BCUT2D eigenvalue weighted by Gasteiger charge is -2.26. The van der Waals surface area contributed by atoms with Crippen molar-refractivity contribution in [1.29, 1.82) is 0 Å². The number of hydrogen-bond acceptors (Lipinski definition) is 3. The fourth-order valence-corrected chi connectivity index (χ4v) is 6.44. The van der Waals surface area contributed by atoms with Crippen LogP contribution in [-0.2, 0) is 14.3 Å². The molecule has 2 aliphatic carbocycles. The van der Waals surface area contributed by atoms with Gasteiger partial charge in [-0.05, 0) is 87.9 Å². The second-order valence-corrected chi connectivity index (χ2v) is 11.1. The number of carboxylic acids is 1. The van der Waals surface area contributed by atoms with E-state index in [4.69, 9.17) is 9.47 Å². The lowest BCUT2D eigenvalue weighted by atomic mass is 9.89. The van der Waals surface area contributed by atoms with Crippen LogP contribution < -0.4 is 0 Å². The average Bonchev–Trinajstić information content (AvgIpc) is 3.46. The number of rotatable bonds is 15. The Bertz CT molecular complexity index is 568. The monoisotopic (exact) mass is 462 g/mol. The lowest BCUT2D eigenvalue weighted by molar-refractivity contribution is -0.201. The van der Waals surface area contributed by atoms with Gasteiger partial charge in [-0.15, -0.1) is 0 Å². The van der Waals surface area contributed by atoms with Crippen LogP contribution in [0.25, 0.3) is 0 Å². The van der Waals surface area contributed by atoms with Crippen molar-refractivity contribution in [3.05, 3.63) is 12.2 Å². The zero-order valence-electron chi connectivity index (χ0n) is 21.2. The highest BCUT2D eigenvalue weighted by Crippen LogP contribution is 2.38. The zero-order valence-corrected chi connectivity index (χ0v) is 21.2. The van der Waals surface area contributed by atoms with Crippen LogP contribution in [-0.4, -0.2) is 30.1 Å². The molecule has 1 heterocycles. The summed E-state index contributed by atoms with van der Waals surface area (Å²) >= 11 is 0. The normalized spacial score (nSPS) is 31.4. The van der Waals surface area contributed by atoms with Crippen LogP contribution in [0.2, 0.25) is 0 Å². The molecule has 6 atom stereocenters. The second-order valence-electron chi connectivity index (χ2n) is 11.1. The summed E-state index contributed by atoms with van der Waals surface area (Å²) in [5.41, 5.74) is 0. The van der Waals surface area contributed by atoms with Gasteiger partial charge in [0, 0.05) is 6.61 Å². The van der Waals surface area contributed by atoms with Crippen molar-refractivity contribution < 1.29 is 19.4 Å². The van der Waals surface area contributed by atoms with Gasteiger partial charge in [-0.1, -0.05) is 70.4 Å². The van der Waals surface area contributed by atoms with Crippen LogP contribution >= 0.6 is 0 Å². The van der Waals surface area contributed by atoms with E-state index in [9.17, 15) is 9.90 Å². The average molecular weight is 463 g/mol. The van der Waals surface area contributed by atoms with Gasteiger partial charge in [0.25, 0.3) is 0 Å². The van der Waals surface area contributed by atoms with Crippen molar-refractivity contribution in [2.24, 2.45) is 23.7 Å². The first kappa shape index (κ1) is 26.7. The molecule has 190 valence electrons. The molecule has 4 heteroatoms. The molecular formula is C29H50O4. The Hall–Kier alpha value is -0.870. The van der Waals surface area contributed by atoms with E-state index in [-0.39, 0.29) is 6.29 Å². The summed E-state index contributed by atoms with van der Waals surface area (Å²) in [5, 5.41) is 9.49. The van der Waals surface area contributed by atoms with Crippen LogP contribution in [0.15, 0.2) is 12.2 Å². The molecule has 0 aromatic carbocycles. The van der Waals surface area contributed by atoms with Gasteiger partial charge in [-0.3, -0.25) is 0 Å². The largest absolute Gasteiger partial charge is 0.479 e. The van der Waals surface area contributed by atoms with Gasteiger partial charge in [0.15, 0.2) is 12.4 Å². The van der Waals surface area contributed by atoms with E-state index in [0.29, 0.717) is 13.0 Å². The van der Waals surface area contributed by atoms with Gasteiger partial charge in [0.2, 0.25) is 0 Å². The molecule has 1 aliphatic heterocycles. The highest BCUT2D eigenvalue weighted by atomic mass is 16.7. The third kappa shape index (κ3) is 9.72. The Morgan fingerprint density at radius 2 is 1.88 bits per heavy atom. The van der Waals surface area contributed by atoms with Crippen molar-refractivity contribution in [2.75, 3.05) is 6.61 Å². The fourth-order valence-electron chi connectivity index (χ4n) is 6.44. The van der Waals surface area contributed by atoms with E-state index in [1.165, 1.54) is 77.0 Å². The quantitative estimate of drug-likeness (QED) is 0.198. The highest BCUT2D eigenvalue weighted by Gasteiger charge is 2.27. The molecule has 33 heavy (non-hydrogen) atoms. The van der Waals surface area contributed by atoms with Crippen molar-refractivity contribution in [2.45, 2.75) is 135 Å². The summed E-state index contributed by atoms with van der Waals surface area (Å²) in [6, 6.07) is 0. The molecule has 0 bridgehead atoms. The second kappa shape index (κ2) is 15.2. The Morgan fingerprint density at radius 1 is 1.00 bits per heavy atom. The molecule has 0 aromatic rings. The van der Waals surface area contributed by atoms with E-state index >= 15 is 0 Å². The number of ether oxygens (including phenoxy) is 2. The number of carbonyl (C=O) groups is 1. The first-order valence-electron chi connectivity index (χ1n) is 14.3. The molecule has 3 rings (SSSR count). The summed E-state index contributed by atoms with van der Waals surface area (Å²) in [4.78, 5) is 11.6. The molecule has 2 saturated carbocycles. The van der Waals surface area contributed by atoms with Crippen molar-refractivity contribution in [1.82, 2.24) is 0 Å². The molecule has 4 nitrogen and oxygen atoms in total. The van der Waals surface area contributed by atoms with Crippen LogP contribution in [0, 0.1) is 23.7 Å². The first-order chi connectivity index (χ1) is 16.2. The van der Waals surface area contributed by atoms with Crippen LogP contribution in [0.3, 0.4) is 0 Å². The molecule has 1 saturated heterocycles. The number of aliphatic carboxylic acids is 1. The Morgan fingerprint density at radius 3 is 2.67 bits per heavy atom. The smallest absolute Gasteiger partial charge is 0.332 e. The fraction of sp³-hybridized carbons (Fsp3) is 0.897. The first-order valence-corrected chi connectivity index (χ1v) is 14.3. The minimum Gasteiger partial charge on any atom is -0.479 e. The SMILES string of the molecule is CCCCC1CCC(CC=C[C@H]2CCC[C@@H]2CCCCCC(OC2CCCCO2)C(=O)O)C1. The maximum absolute atomic E-state index is 11.6. The molecule has 1 N–H and O–H groups in total. The molecular weight excluding hydrogens is 412 g/mol. The third-order valence-corrected chi connectivity index (χ3v) is 8.46. The molecule has 4 unspecified atom stereocenters. The van der Waals surface area contributed by atoms with Gasteiger partial charge in [-0.25, -0.2) is 4.79 Å². The van der Waals surface area contributed by atoms with E-state index < -0.39 is 12.1 Å². The minimum atomic E-state index is -0.843. The van der Waals surface area contributed by atoms with E-state index in [0.717, 1.165) is 55.8 Å². The van der Waals surface area contributed by atoms with Gasteiger partial charge in [0.1, 0.15) is 0 Å². The Kier molecular flexibility index (Phi) is 12.3. The van der Waals surface area contributed by atoms with Crippen molar-refractivity contribution in [3.63, 3.8) is 0 Å².